The van der Waals surface area contributed by atoms with Gasteiger partial charge >= 0.3 is 0 Å². The molecule has 2 amide bonds. The molecule has 0 heterocycles. The predicted molar refractivity (Wildman–Crippen MR) is 152 cm³/mol. The highest BCUT2D eigenvalue weighted by molar-refractivity contribution is 7.92. The smallest absolute Gasteiger partial charge is 0.264 e. The van der Waals surface area contributed by atoms with Gasteiger partial charge < -0.3 is 10.2 Å². The van der Waals surface area contributed by atoms with Crippen LogP contribution in [-0.2, 0) is 26.0 Å². The second-order valence-corrected chi connectivity index (χ2v) is 12.4. The van der Waals surface area contributed by atoms with E-state index in [2.05, 4.69) is 5.32 Å². The molecule has 3 aromatic rings. The van der Waals surface area contributed by atoms with Crippen LogP contribution < -0.4 is 9.62 Å². The Morgan fingerprint density at radius 2 is 1.56 bits per heavy atom. The Bertz CT molecular complexity index is 1400. The van der Waals surface area contributed by atoms with E-state index in [1.54, 1.807) is 25.1 Å². The van der Waals surface area contributed by atoms with E-state index in [1.807, 2.05) is 51.1 Å². The van der Waals surface area contributed by atoms with Gasteiger partial charge in [0.05, 0.1) is 15.6 Å². The summed E-state index contributed by atoms with van der Waals surface area (Å²) >= 11 is 5.98. The van der Waals surface area contributed by atoms with Gasteiger partial charge in [-0.15, -0.1) is 0 Å². The number of nitrogens with zero attached hydrogens (tertiary/aromatic N) is 2. The number of halogens is 2. The van der Waals surface area contributed by atoms with Gasteiger partial charge in [0.25, 0.3) is 10.0 Å². The van der Waals surface area contributed by atoms with E-state index in [0.29, 0.717) is 6.42 Å². The molecule has 0 aromatic heterocycles. The first-order valence-electron chi connectivity index (χ1n) is 12.5. The van der Waals surface area contributed by atoms with E-state index >= 15 is 0 Å². The average Bonchev–Trinajstić information content (AvgIpc) is 2.89. The van der Waals surface area contributed by atoms with Crippen LogP contribution in [0, 0.1) is 5.82 Å². The maximum Gasteiger partial charge on any atom is 0.264 e. The number of rotatable bonds is 10. The zero-order valence-corrected chi connectivity index (χ0v) is 24.0. The van der Waals surface area contributed by atoms with Crippen molar-refractivity contribution in [2.75, 3.05) is 17.4 Å². The van der Waals surface area contributed by atoms with Gasteiger partial charge in [-0.05, 0) is 70.0 Å². The topological polar surface area (TPSA) is 86.8 Å². The largest absolute Gasteiger partial charge is 0.350 e. The molecule has 1 atom stereocenters. The van der Waals surface area contributed by atoms with Gasteiger partial charge in [0.15, 0.2) is 0 Å². The fourth-order valence-corrected chi connectivity index (χ4v) is 5.53. The third-order valence-electron chi connectivity index (χ3n) is 5.95. The molecular weight excluding hydrogens is 541 g/mol. The minimum Gasteiger partial charge on any atom is -0.350 e. The van der Waals surface area contributed by atoms with Gasteiger partial charge in [-0.2, -0.15) is 0 Å². The van der Waals surface area contributed by atoms with Crippen molar-refractivity contribution in [2.24, 2.45) is 0 Å². The summed E-state index contributed by atoms with van der Waals surface area (Å²) < 4.78 is 42.2. The van der Waals surface area contributed by atoms with Crippen molar-refractivity contribution < 1.29 is 22.4 Å². The van der Waals surface area contributed by atoms with Crippen LogP contribution >= 0.6 is 11.6 Å². The van der Waals surface area contributed by atoms with Crippen molar-refractivity contribution >= 4 is 39.1 Å². The molecule has 0 aliphatic carbocycles. The van der Waals surface area contributed by atoms with Crippen molar-refractivity contribution in [2.45, 2.75) is 50.6 Å². The van der Waals surface area contributed by atoms with E-state index in [-0.39, 0.29) is 28.1 Å². The molecule has 0 saturated heterocycles. The monoisotopic (exact) mass is 573 g/mol. The Kier molecular flexibility index (Phi) is 9.74. The van der Waals surface area contributed by atoms with Crippen LogP contribution in [-0.4, -0.2) is 49.8 Å². The molecule has 208 valence electrons. The number of carbonyl (C=O) groups is 2. The van der Waals surface area contributed by atoms with Crippen LogP contribution in [0.3, 0.4) is 0 Å². The summed E-state index contributed by atoms with van der Waals surface area (Å²) in [5.74, 6) is -1.69. The van der Waals surface area contributed by atoms with Crippen LogP contribution in [0.25, 0.3) is 0 Å². The Hall–Kier alpha value is -3.43. The quantitative estimate of drug-likeness (QED) is 0.368. The molecule has 0 aliphatic rings. The fraction of sp³-hybridized carbons (Fsp3) is 0.310. The lowest BCUT2D eigenvalue weighted by atomic mass is 10.1. The molecule has 3 rings (SSSR count). The highest BCUT2D eigenvalue weighted by Crippen LogP contribution is 2.28. The zero-order valence-electron chi connectivity index (χ0n) is 22.4. The minimum atomic E-state index is -4.25. The molecule has 0 unspecified atom stereocenters. The standard InChI is InChI=1S/C29H33ClFN3O4S/c1-21(28(36)32-29(2,3)4)33(18-17-22-11-7-5-8-12-22)27(35)20-34(23-15-16-26(31)25(30)19-23)39(37,38)24-13-9-6-10-14-24/h5-16,19,21H,17-18,20H2,1-4H3,(H,32,36)/t21-/m1/s1. The second kappa shape index (κ2) is 12.6. The second-order valence-electron chi connectivity index (χ2n) is 10.2. The highest BCUT2D eigenvalue weighted by atomic mass is 35.5. The van der Waals surface area contributed by atoms with E-state index in [4.69, 9.17) is 11.6 Å². The number of benzene rings is 3. The average molecular weight is 574 g/mol. The van der Waals surface area contributed by atoms with E-state index in [9.17, 15) is 22.4 Å². The van der Waals surface area contributed by atoms with Gasteiger partial charge in [0.2, 0.25) is 11.8 Å². The van der Waals surface area contributed by atoms with E-state index < -0.39 is 39.9 Å². The molecule has 3 aromatic carbocycles. The normalized spacial score (nSPS) is 12.5. The lowest BCUT2D eigenvalue weighted by molar-refractivity contribution is -0.139. The molecule has 7 nitrogen and oxygen atoms in total. The van der Waals surface area contributed by atoms with Crippen molar-refractivity contribution in [3.05, 3.63) is 95.3 Å². The molecule has 0 saturated carbocycles. The summed E-state index contributed by atoms with van der Waals surface area (Å²) in [6.45, 7) is 6.65. The minimum absolute atomic E-state index is 0.0217. The van der Waals surface area contributed by atoms with Crippen LogP contribution in [0.1, 0.15) is 33.3 Å². The SMILES string of the molecule is C[C@H](C(=O)NC(C)(C)C)N(CCc1ccccc1)C(=O)CN(c1ccc(F)c(Cl)c1)S(=O)(=O)c1ccccc1. The van der Waals surface area contributed by atoms with Crippen molar-refractivity contribution in [3.63, 3.8) is 0 Å². The first-order chi connectivity index (χ1) is 18.3. The van der Waals surface area contributed by atoms with Crippen molar-refractivity contribution in [1.82, 2.24) is 10.2 Å². The lowest BCUT2D eigenvalue weighted by Gasteiger charge is -2.33. The summed E-state index contributed by atoms with van der Waals surface area (Å²) in [5.41, 5.74) is 0.443. The summed E-state index contributed by atoms with van der Waals surface area (Å²) in [5, 5.41) is 2.60. The maximum atomic E-state index is 13.9. The summed E-state index contributed by atoms with van der Waals surface area (Å²) in [6, 6.07) is 19.6. The van der Waals surface area contributed by atoms with E-state index in [0.717, 1.165) is 22.0 Å². The van der Waals surface area contributed by atoms with Gasteiger partial charge in [0, 0.05) is 12.1 Å². The van der Waals surface area contributed by atoms with Crippen molar-refractivity contribution in [1.29, 1.82) is 0 Å². The Morgan fingerprint density at radius 3 is 2.13 bits per heavy atom. The summed E-state index contributed by atoms with van der Waals surface area (Å²) in [7, 11) is -4.25. The van der Waals surface area contributed by atoms with Crippen LogP contribution in [0.15, 0.2) is 83.8 Å². The Labute approximate surface area is 234 Å². The van der Waals surface area contributed by atoms with Crippen molar-refractivity contribution in [3.8, 4) is 0 Å². The highest BCUT2D eigenvalue weighted by Gasteiger charge is 2.33. The maximum absolute atomic E-state index is 13.9. The third kappa shape index (κ3) is 8.03. The number of hydrogen-bond donors (Lipinski definition) is 1. The first-order valence-corrected chi connectivity index (χ1v) is 14.3. The van der Waals surface area contributed by atoms with Crippen LogP contribution in [0.2, 0.25) is 5.02 Å². The molecule has 39 heavy (non-hydrogen) atoms. The van der Waals surface area contributed by atoms with Gasteiger partial charge in [-0.1, -0.05) is 60.1 Å². The third-order valence-corrected chi connectivity index (χ3v) is 8.03. The number of amides is 2. The number of hydrogen-bond acceptors (Lipinski definition) is 4. The lowest BCUT2D eigenvalue weighted by Crippen LogP contribution is -2.55. The molecule has 0 spiro atoms. The number of sulfonamides is 1. The van der Waals surface area contributed by atoms with Gasteiger partial charge in [-0.25, -0.2) is 12.8 Å². The summed E-state index contributed by atoms with van der Waals surface area (Å²) in [6.07, 6.45) is 0.452. The molecule has 0 fully saturated rings. The van der Waals surface area contributed by atoms with E-state index in [1.165, 1.54) is 23.1 Å². The molecule has 0 radical (unpaired) electrons. The molecule has 1 N–H and O–H groups in total. The zero-order chi connectivity index (χ0) is 28.8. The molecule has 0 bridgehead atoms. The van der Waals surface area contributed by atoms with Gasteiger partial charge in [-0.3, -0.25) is 13.9 Å². The number of nitrogens with one attached hydrogen (secondary N) is 1. The molecular formula is C29H33ClFN3O4S. The molecule has 10 heteroatoms. The van der Waals surface area contributed by atoms with Crippen LogP contribution in [0.4, 0.5) is 10.1 Å². The number of carbonyl (C=O) groups excluding carboxylic acids is 2. The number of anilines is 1. The van der Waals surface area contributed by atoms with Gasteiger partial charge in [0.1, 0.15) is 18.4 Å². The fourth-order valence-electron chi connectivity index (χ4n) is 3.93. The Balaban J connectivity index is 2.00. The Morgan fingerprint density at radius 1 is 0.974 bits per heavy atom. The summed E-state index contributed by atoms with van der Waals surface area (Å²) in [4.78, 5) is 28.2. The van der Waals surface area contributed by atoms with Crippen LogP contribution in [0.5, 0.6) is 0 Å². The first kappa shape index (κ1) is 30.1. The predicted octanol–water partition coefficient (Wildman–Crippen LogP) is 5.05. The molecule has 0 aliphatic heterocycles.